The topological polar surface area (TPSA) is 26.7 Å². The van der Waals surface area contributed by atoms with E-state index in [1.54, 1.807) is 0 Å². The molecule has 1 aromatic rings. The molecule has 0 saturated carbocycles. The Morgan fingerprint density at radius 1 is 1.20 bits per heavy atom. The molecule has 1 rings (SSSR count). The molecule has 0 bridgehead atoms. The highest BCUT2D eigenvalue weighted by molar-refractivity contribution is 5.22. The lowest BCUT2D eigenvalue weighted by Crippen LogP contribution is -2.36. The van der Waals surface area contributed by atoms with E-state index >= 15 is 0 Å². The van der Waals surface area contributed by atoms with Crippen LogP contribution in [0.3, 0.4) is 0 Å². The molecule has 0 aliphatic carbocycles. The summed E-state index contributed by atoms with van der Waals surface area (Å²) in [6, 6.07) is 8.63. The normalized spacial score (nSPS) is 13.2. The van der Waals surface area contributed by atoms with Crippen LogP contribution in [0.4, 0.5) is 0 Å². The molecule has 0 aliphatic rings. The van der Waals surface area contributed by atoms with Gasteiger partial charge in [-0.15, -0.1) is 0 Å². The second kappa shape index (κ2) is 9.11. The first-order chi connectivity index (χ1) is 9.51. The van der Waals surface area contributed by atoms with Gasteiger partial charge in [-0.25, -0.2) is 0 Å². The van der Waals surface area contributed by atoms with Crippen LogP contribution in [0, 0.1) is 6.92 Å². The van der Waals surface area contributed by atoms with Crippen LogP contribution in [0.2, 0.25) is 0 Å². The molecule has 0 heterocycles. The number of hydrogen-bond donors (Lipinski definition) is 1. The molecule has 1 N–H and O–H groups in total. The first kappa shape index (κ1) is 17.2. The Hall–Kier alpha value is -0.900. The van der Waals surface area contributed by atoms with Crippen molar-refractivity contribution in [3.8, 4) is 0 Å². The van der Waals surface area contributed by atoms with Crippen LogP contribution in [0.5, 0.6) is 0 Å². The van der Waals surface area contributed by atoms with Crippen molar-refractivity contribution in [2.45, 2.75) is 39.3 Å². The van der Waals surface area contributed by atoms with E-state index in [9.17, 15) is 5.11 Å². The molecular weight excluding hydrogens is 248 g/mol. The lowest BCUT2D eigenvalue weighted by molar-refractivity contribution is 0.0968. The largest absolute Gasteiger partial charge is 0.392 e. The lowest BCUT2D eigenvalue weighted by atomic mass is 10.1. The smallest absolute Gasteiger partial charge is 0.0667 e. The summed E-state index contributed by atoms with van der Waals surface area (Å²) in [5, 5.41) is 10.1. The van der Waals surface area contributed by atoms with E-state index in [1.165, 1.54) is 11.1 Å². The minimum atomic E-state index is -0.216. The van der Waals surface area contributed by atoms with Gasteiger partial charge in [0.2, 0.25) is 0 Å². The summed E-state index contributed by atoms with van der Waals surface area (Å²) in [6.45, 7) is 7.92. The minimum Gasteiger partial charge on any atom is -0.392 e. The number of benzene rings is 1. The molecular formula is C17H30N2O. The number of aryl methyl sites for hydroxylation is 1. The fourth-order valence-corrected chi connectivity index (χ4v) is 2.37. The van der Waals surface area contributed by atoms with Crippen LogP contribution < -0.4 is 0 Å². The van der Waals surface area contributed by atoms with Gasteiger partial charge in [-0.3, -0.25) is 4.90 Å². The molecule has 1 unspecified atom stereocenters. The molecule has 3 heteroatoms. The van der Waals surface area contributed by atoms with Crippen molar-refractivity contribution in [1.29, 1.82) is 0 Å². The highest BCUT2D eigenvalue weighted by atomic mass is 16.3. The predicted molar refractivity (Wildman–Crippen MR) is 85.9 cm³/mol. The van der Waals surface area contributed by atoms with Crippen molar-refractivity contribution in [3.05, 3.63) is 35.4 Å². The van der Waals surface area contributed by atoms with Crippen molar-refractivity contribution in [3.63, 3.8) is 0 Å². The summed E-state index contributed by atoms with van der Waals surface area (Å²) in [7, 11) is 4.18. The zero-order chi connectivity index (χ0) is 15.0. The highest BCUT2D eigenvalue weighted by Crippen LogP contribution is 2.09. The van der Waals surface area contributed by atoms with Gasteiger partial charge in [0.05, 0.1) is 6.10 Å². The number of aliphatic hydroxyl groups excluding tert-OH is 1. The van der Waals surface area contributed by atoms with Gasteiger partial charge in [-0.1, -0.05) is 43.2 Å². The maximum absolute atomic E-state index is 10.1. The van der Waals surface area contributed by atoms with Crippen molar-refractivity contribution in [2.24, 2.45) is 0 Å². The molecule has 0 amide bonds. The molecule has 1 atom stereocenters. The number of hydrogen-bond acceptors (Lipinski definition) is 3. The standard InChI is InChI=1S/C17H30N2O/c1-5-7-17(20)14-19(11-10-18(3)4)13-16-9-6-8-15(2)12-16/h6,8-9,12,17,20H,5,7,10-11,13-14H2,1-4H3. The fourth-order valence-electron chi connectivity index (χ4n) is 2.37. The Labute approximate surface area is 124 Å². The molecule has 0 saturated heterocycles. The summed E-state index contributed by atoms with van der Waals surface area (Å²) in [4.78, 5) is 4.55. The van der Waals surface area contributed by atoms with Gasteiger partial charge in [0.1, 0.15) is 0 Å². The van der Waals surface area contributed by atoms with Crippen LogP contribution in [-0.4, -0.2) is 54.7 Å². The Kier molecular flexibility index (Phi) is 7.82. The zero-order valence-electron chi connectivity index (χ0n) is 13.5. The molecule has 0 radical (unpaired) electrons. The molecule has 0 aliphatic heterocycles. The number of likely N-dealkylation sites (N-methyl/N-ethyl adjacent to an activating group) is 1. The molecule has 114 valence electrons. The predicted octanol–water partition coefficient (Wildman–Crippen LogP) is 2.52. The maximum atomic E-state index is 10.1. The highest BCUT2D eigenvalue weighted by Gasteiger charge is 2.12. The Morgan fingerprint density at radius 3 is 2.55 bits per heavy atom. The number of aliphatic hydroxyl groups is 1. The van der Waals surface area contributed by atoms with E-state index < -0.39 is 0 Å². The van der Waals surface area contributed by atoms with Gasteiger partial charge in [-0.05, 0) is 33.0 Å². The van der Waals surface area contributed by atoms with Gasteiger partial charge in [0, 0.05) is 26.2 Å². The molecule has 1 aromatic carbocycles. The van der Waals surface area contributed by atoms with Gasteiger partial charge in [-0.2, -0.15) is 0 Å². The van der Waals surface area contributed by atoms with Gasteiger partial charge >= 0.3 is 0 Å². The minimum absolute atomic E-state index is 0.216. The molecule has 0 fully saturated rings. The van der Waals surface area contributed by atoms with E-state index in [1.807, 2.05) is 0 Å². The van der Waals surface area contributed by atoms with E-state index in [0.717, 1.165) is 39.0 Å². The average molecular weight is 278 g/mol. The average Bonchev–Trinajstić information content (AvgIpc) is 2.36. The van der Waals surface area contributed by atoms with Crippen LogP contribution in [0.25, 0.3) is 0 Å². The third-order valence-corrected chi connectivity index (χ3v) is 3.44. The monoisotopic (exact) mass is 278 g/mol. The quantitative estimate of drug-likeness (QED) is 0.752. The number of rotatable bonds is 9. The first-order valence-electron chi connectivity index (χ1n) is 7.62. The maximum Gasteiger partial charge on any atom is 0.0667 e. The van der Waals surface area contributed by atoms with Gasteiger partial charge in [0.25, 0.3) is 0 Å². The Balaban J connectivity index is 2.61. The van der Waals surface area contributed by atoms with Crippen LogP contribution >= 0.6 is 0 Å². The molecule has 20 heavy (non-hydrogen) atoms. The van der Waals surface area contributed by atoms with Crippen LogP contribution in [0.1, 0.15) is 30.9 Å². The zero-order valence-corrected chi connectivity index (χ0v) is 13.5. The molecule has 0 spiro atoms. The molecule has 0 aromatic heterocycles. The Bertz CT molecular complexity index is 379. The second-order valence-electron chi connectivity index (χ2n) is 5.97. The Morgan fingerprint density at radius 2 is 1.95 bits per heavy atom. The second-order valence-corrected chi connectivity index (χ2v) is 5.97. The van der Waals surface area contributed by atoms with Crippen molar-refractivity contribution >= 4 is 0 Å². The van der Waals surface area contributed by atoms with Gasteiger partial charge in [0.15, 0.2) is 0 Å². The van der Waals surface area contributed by atoms with Crippen molar-refractivity contribution in [1.82, 2.24) is 9.80 Å². The van der Waals surface area contributed by atoms with Crippen molar-refractivity contribution in [2.75, 3.05) is 33.7 Å². The third kappa shape index (κ3) is 7.04. The van der Waals surface area contributed by atoms with E-state index in [4.69, 9.17) is 0 Å². The van der Waals surface area contributed by atoms with E-state index in [2.05, 4.69) is 62.0 Å². The summed E-state index contributed by atoms with van der Waals surface area (Å²) >= 11 is 0. The van der Waals surface area contributed by atoms with Crippen LogP contribution in [-0.2, 0) is 6.54 Å². The number of nitrogens with zero attached hydrogens (tertiary/aromatic N) is 2. The van der Waals surface area contributed by atoms with Crippen molar-refractivity contribution < 1.29 is 5.11 Å². The summed E-state index contributed by atoms with van der Waals surface area (Å²) in [5.41, 5.74) is 2.62. The summed E-state index contributed by atoms with van der Waals surface area (Å²) in [5.74, 6) is 0. The third-order valence-electron chi connectivity index (χ3n) is 3.44. The molecule has 3 nitrogen and oxygen atoms in total. The fraction of sp³-hybridized carbons (Fsp3) is 0.647. The first-order valence-corrected chi connectivity index (χ1v) is 7.62. The van der Waals surface area contributed by atoms with Gasteiger partial charge < -0.3 is 10.0 Å². The summed E-state index contributed by atoms with van der Waals surface area (Å²) in [6.07, 6.45) is 1.70. The van der Waals surface area contributed by atoms with Crippen LogP contribution in [0.15, 0.2) is 24.3 Å². The summed E-state index contributed by atoms with van der Waals surface area (Å²) < 4.78 is 0. The SMILES string of the molecule is CCCC(O)CN(CCN(C)C)Cc1cccc(C)c1. The van der Waals surface area contributed by atoms with E-state index in [0.29, 0.717) is 0 Å². The van der Waals surface area contributed by atoms with E-state index in [-0.39, 0.29) is 6.10 Å². The lowest BCUT2D eigenvalue weighted by Gasteiger charge is -2.26.